The van der Waals surface area contributed by atoms with E-state index in [1.54, 1.807) is 5.32 Å². The van der Waals surface area contributed by atoms with Crippen molar-refractivity contribution < 1.29 is 47.6 Å². The molecule has 3 saturated carbocycles. The van der Waals surface area contributed by atoms with Crippen LogP contribution in [-0.2, 0) is 34.3 Å². The molecule has 0 atom stereocenters. The Balaban J connectivity index is 2.14. The fraction of sp³-hybridized carbons (Fsp3) is 0.957. The van der Waals surface area contributed by atoms with E-state index < -0.39 is 66.5 Å². The smallest absolute Gasteiger partial charge is 0.348 e. The SMILES string of the molecule is CC(S(=O)(=O)C1CCCCC1)(S(=O)(=O)C1CCCCC1)S(=O)(=O)C(F)(F)C(F)(F)C(=O)NC1CCCCC1. The summed E-state index contributed by atoms with van der Waals surface area (Å²) in [6.45, 7) is 0.110. The zero-order valence-corrected chi connectivity index (χ0v) is 23.9. The van der Waals surface area contributed by atoms with Crippen molar-refractivity contribution in [3.63, 3.8) is 0 Å². The van der Waals surface area contributed by atoms with Gasteiger partial charge in [0.1, 0.15) is 0 Å². The standard InChI is InChI=1S/C23H37F4NO7S3/c1-21(36(30,31)18-13-7-3-8-14-18,37(32,33)19-15-9-4-10-16-19)38(34,35)23(26,27)22(24,25)20(29)28-17-11-5-2-6-12-17/h17-19H,2-16H2,1H3,(H,28,29). The Labute approximate surface area is 222 Å². The average Bonchev–Trinajstić information content (AvgIpc) is 2.89. The maximum Gasteiger partial charge on any atom is 0.419 e. The lowest BCUT2D eigenvalue weighted by Gasteiger charge is -2.40. The van der Waals surface area contributed by atoms with Crippen LogP contribution in [0.15, 0.2) is 0 Å². The Bertz CT molecular complexity index is 1140. The van der Waals surface area contributed by atoms with Crippen molar-refractivity contribution in [2.24, 2.45) is 0 Å². The molecule has 0 aromatic rings. The molecule has 3 rings (SSSR count). The quantitative estimate of drug-likeness (QED) is 0.386. The van der Waals surface area contributed by atoms with Crippen LogP contribution in [0.5, 0.6) is 0 Å². The molecule has 0 aromatic carbocycles. The highest BCUT2D eigenvalue weighted by atomic mass is 32.3. The van der Waals surface area contributed by atoms with E-state index in [4.69, 9.17) is 0 Å². The summed E-state index contributed by atoms with van der Waals surface area (Å²) >= 11 is 0. The topological polar surface area (TPSA) is 132 Å². The molecule has 3 fully saturated rings. The third-order valence-corrected chi connectivity index (χ3v) is 19.2. The second-order valence-corrected chi connectivity index (χ2v) is 19.1. The van der Waals surface area contributed by atoms with Crippen LogP contribution >= 0.6 is 0 Å². The molecular weight excluding hydrogens is 574 g/mol. The second-order valence-electron chi connectivity index (χ2n) is 10.9. The lowest BCUT2D eigenvalue weighted by Crippen LogP contribution is -2.67. The van der Waals surface area contributed by atoms with Crippen molar-refractivity contribution in [1.29, 1.82) is 0 Å². The predicted molar refractivity (Wildman–Crippen MR) is 134 cm³/mol. The number of halogens is 4. The van der Waals surface area contributed by atoms with E-state index in [9.17, 15) is 30.0 Å². The van der Waals surface area contributed by atoms with Gasteiger partial charge in [0.15, 0.2) is 19.7 Å². The van der Waals surface area contributed by atoms with Gasteiger partial charge in [0.2, 0.25) is 0 Å². The number of nitrogens with one attached hydrogen (secondary N) is 1. The molecule has 0 bridgehead atoms. The Morgan fingerprint density at radius 1 is 0.632 bits per heavy atom. The summed E-state index contributed by atoms with van der Waals surface area (Å²) in [5.74, 6) is -8.50. The van der Waals surface area contributed by atoms with Crippen LogP contribution in [0, 0.1) is 0 Å². The van der Waals surface area contributed by atoms with Gasteiger partial charge in [-0.1, -0.05) is 57.8 Å². The zero-order chi connectivity index (χ0) is 28.6. The summed E-state index contributed by atoms with van der Waals surface area (Å²) in [7, 11) is -18.1. The summed E-state index contributed by atoms with van der Waals surface area (Å²) in [6, 6.07) is -0.885. The number of hydrogen-bond donors (Lipinski definition) is 1. The molecular formula is C23H37F4NO7S3. The number of alkyl halides is 4. The van der Waals surface area contributed by atoms with E-state index in [-0.39, 0.29) is 71.1 Å². The van der Waals surface area contributed by atoms with Crippen LogP contribution in [0.4, 0.5) is 17.6 Å². The summed E-state index contributed by atoms with van der Waals surface area (Å²) < 4.78 is 139. The van der Waals surface area contributed by atoms with Gasteiger partial charge < -0.3 is 5.32 Å². The third-order valence-electron chi connectivity index (χ3n) is 8.43. The fourth-order valence-corrected chi connectivity index (χ4v) is 15.9. The average molecular weight is 612 g/mol. The van der Waals surface area contributed by atoms with Gasteiger partial charge in [-0.15, -0.1) is 0 Å². The van der Waals surface area contributed by atoms with E-state index in [1.807, 2.05) is 0 Å². The maximum atomic E-state index is 15.5. The maximum absolute atomic E-state index is 15.5. The molecule has 1 N–H and O–H groups in total. The highest BCUT2D eigenvalue weighted by Gasteiger charge is 2.80. The molecule has 222 valence electrons. The number of rotatable bonds is 9. The lowest BCUT2D eigenvalue weighted by molar-refractivity contribution is -0.181. The van der Waals surface area contributed by atoms with Gasteiger partial charge in [0.05, 0.1) is 10.5 Å². The zero-order valence-electron chi connectivity index (χ0n) is 21.4. The normalized spacial score (nSPS) is 22.8. The van der Waals surface area contributed by atoms with Crippen LogP contribution < -0.4 is 5.32 Å². The monoisotopic (exact) mass is 611 g/mol. The van der Waals surface area contributed by atoms with Crippen molar-refractivity contribution in [3.8, 4) is 0 Å². The Kier molecular flexibility index (Phi) is 9.25. The van der Waals surface area contributed by atoms with Gasteiger partial charge in [0, 0.05) is 6.04 Å². The van der Waals surface area contributed by atoms with Crippen LogP contribution in [0.1, 0.15) is 103 Å². The van der Waals surface area contributed by atoms with Crippen molar-refractivity contribution in [3.05, 3.63) is 0 Å². The van der Waals surface area contributed by atoms with Crippen LogP contribution in [0.25, 0.3) is 0 Å². The van der Waals surface area contributed by atoms with Crippen LogP contribution in [0.3, 0.4) is 0 Å². The minimum Gasteiger partial charge on any atom is -0.348 e. The molecule has 0 aliphatic heterocycles. The summed E-state index contributed by atoms with van der Waals surface area (Å²) in [5, 5.41) is -7.79. The Morgan fingerprint density at radius 3 is 1.34 bits per heavy atom. The molecule has 0 unspecified atom stereocenters. The minimum absolute atomic E-state index is 0.110. The number of carbonyl (C=O) groups excluding carboxylic acids is 1. The van der Waals surface area contributed by atoms with Gasteiger partial charge in [-0.25, -0.2) is 25.3 Å². The molecule has 0 saturated heterocycles. The molecule has 0 aromatic heterocycles. The van der Waals surface area contributed by atoms with E-state index in [0.717, 1.165) is 6.42 Å². The summed E-state index contributed by atoms with van der Waals surface area (Å²) in [6.07, 6.45) is 3.81. The molecule has 1 amide bonds. The van der Waals surface area contributed by atoms with E-state index in [2.05, 4.69) is 0 Å². The summed E-state index contributed by atoms with van der Waals surface area (Å²) in [5.41, 5.74) is 0. The first-order valence-electron chi connectivity index (χ1n) is 13.2. The highest BCUT2D eigenvalue weighted by Crippen LogP contribution is 2.51. The van der Waals surface area contributed by atoms with Gasteiger partial charge in [0.25, 0.3) is 19.2 Å². The fourth-order valence-electron chi connectivity index (χ4n) is 5.88. The minimum atomic E-state index is -7.08. The highest BCUT2D eigenvalue weighted by molar-refractivity contribution is 8.26. The molecule has 0 radical (unpaired) electrons. The largest absolute Gasteiger partial charge is 0.419 e. The number of amides is 1. The molecule has 38 heavy (non-hydrogen) atoms. The van der Waals surface area contributed by atoms with Crippen molar-refractivity contribution >= 4 is 35.4 Å². The van der Waals surface area contributed by atoms with E-state index >= 15 is 17.6 Å². The van der Waals surface area contributed by atoms with Gasteiger partial charge >= 0.3 is 11.2 Å². The molecule has 0 heterocycles. The second kappa shape index (κ2) is 11.1. The van der Waals surface area contributed by atoms with Crippen LogP contribution in [-0.4, -0.2) is 62.3 Å². The first-order valence-corrected chi connectivity index (χ1v) is 17.8. The number of sulfone groups is 3. The van der Waals surface area contributed by atoms with Gasteiger partial charge in [-0.05, 0) is 45.4 Å². The molecule has 15 heteroatoms. The third kappa shape index (κ3) is 5.01. The predicted octanol–water partition coefficient (Wildman–Crippen LogP) is 4.25. The van der Waals surface area contributed by atoms with Crippen molar-refractivity contribution in [2.45, 2.75) is 134 Å². The number of hydrogen-bond acceptors (Lipinski definition) is 7. The number of carbonyl (C=O) groups is 1. The first-order chi connectivity index (χ1) is 17.5. The molecule has 8 nitrogen and oxygen atoms in total. The first kappa shape index (κ1) is 31.6. The van der Waals surface area contributed by atoms with E-state index in [1.165, 1.54) is 0 Å². The van der Waals surface area contributed by atoms with E-state index in [0.29, 0.717) is 25.7 Å². The van der Waals surface area contributed by atoms with Crippen molar-refractivity contribution in [2.75, 3.05) is 0 Å². The van der Waals surface area contributed by atoms with Crippen molar-refractivity contribution in [1.82, 2.24) is 5.32 Å². The molecule has 3 aliphatic carbocycles. The van der Waals surface area contributed by atoms with Gasteiger partial charge in [-0.3, -0.25) is 4.79 Å². The van der Waals surface area contributed by atoms with Crippen LogP contribution in [0.2, 0.25) is 0 Å². The molecule has 0 spiro atoms. The summed E-state index contributed by atoms with van der Waals surface area (Å²) in [4.78, 5) is 12.4. The Morgan fingerprint density at radius 2 is 0.974 bits per heavy atom. The molecule has 3 aliphatic rings. The Hall–Kier alpha value is -0.960. The lowest BCUT2D eigenvalue weighted by atomic mass is 9.95. The van der Waals surface area contributed by atoms with Gasteiger partial charge in [-0.2, -0.15) is 17.6 Å².